The molecule has 3 atom stereocenters. The van der Waals surface area contributed by atoms with E-state index in [4.69, 9.17) is 14.2 Å². The van der Waals surface area contributed by atoms with Gasteiger partial charge >= 0.3 is 0 Å². The minimum Gasteiger partial charge on any atom is -0.484 e. The Bertz CT molecular complexity index is 465. The van der Waals surface area contributed by atoms with Crippen molar-refractivity contribution in [1.29, 1.82) is 0 Å². The summed E-state index contributed by atoms with van der Waals surface area (Å²) >= 11 is 0. The van der Waals surface area contributed by atoms with Crippen molar-refractivity contribution in [2.75, 3.05) is 19.8 Å². The van der Waals surface area contributed by atoms with Gasteiger partial charge in [0.1, 0.15) is 5.75 Å². The summed E-state index contributed by atoms with van der Waals surface area (Å²) in [6.07, 6.45) is 3.01. The fourth-order valence-corrected chi connectivity index (χ4v) is 2.93. The number of benzene rings is 1. The van der Waals surface area contributed by atoms with Gasteiger partial charge in [0, 0.05) is 6.04 Å². The Morgan fingerprint density at radius 1 is 1.14 bits per heavy atom. The number of nitrogens with one attached hydrogen (secondary N) is 1. The maximum atomic E-state index is 11.9. The number of ether oxygens (including phenoxy) is 3. The molecule has 3 rings (SSSR count). The summed E-state index contributed by atoms with van der Waals surface area (Å²) in [4.78, 5) is 11.9. The largest absolute Gasteiger partial charge is 0.484 e. The Morgan fingerprint density at radius 2 is 1.90 bits per heavy atom. The van der Waals surface area contributed by atoms with E-state index in [0.29, 0.717) is 19.0 Å². The van der Waals surface area contributed by atoms with E-state index >= 15 is 0 Å². The van der Waals surface area contributed by atoms with Crippen molar-refractivity contribution in [1.82, 2.24) is 5.32 Å². The van der Waals surface area contributed by atoms with E-state index in [0.717, 1.165) is 19.3 Å². The predicted octanol–water partition coefficient (Wildman–Crippen LogP) is 1.52. The maximum Gasteiger partial charge on any atom is 0.258 e. The molecule has 1 aromatic rings. The lowest BCUT2D eigenvalue weighted by atomic mass is 9.89. The summed E-state index contributed by atoms with van der Waals surface area (Å²) in [7, 11) is 0. The molecule has 1 aromatic carbocycles. The van der Waals surface area contributed by atoms with E-state index in [9.17, 15) is 4.79 Å². The van der Waals surface area contributed by atoms with Crippen LogP contribution in [-0.4, -0.2) is 44.0 Å². The zero-order valence-corrected chi connectivity index (χ0v) is 12.0. The summed E-state index contributed by atoms with van der Waals surface area (Å²) in [5.41, 5.74) is 0. The van der Waals surface area contributed by atoms with Gasteiger partial charge in [-0.1, -0.05) is 18.2 Å². The third kappa shape index (κ3) is 3.95. The highest BCUT2D eigenvalue weighted by Crippen LogP contribution is 2.26. The van der Waals surface area contributed by atoms with E-state index in [1.165, 1.54) is 0 Å². The van der Waals surface area contributed by atoms with Gasteiger partial charge in [0.25, 0.3) is 5.91 Å². The molecule has 1 N–H and O–H groups in total. The average Bonchev–Trinajstić information content (AvgIpc) is 2.54. The lowest BCUT2D eigenvalue weighted by Crippen LogP contribution is -2.49. The summed E-state index contributed by atoms with van der Waals surface area (Å²) in [6, 6.07) is 9.51. The minimum atomic E-state index is -0.0842. The van der Waals surface area contributed by atoms with Crippen LogP contribution in [0.2, 0.25) is 0 Å². The normalized spacial score (nSPS) is 28.5. The van der Waals surface area contributed by atoms with Gasteiger partial charge in [0.05, 0.1) is 25.4 Å². The van der Waals surface area contributed by atoms with Crippen LogP contribution in [0.5, 0.6) is 5.75 Å². The molecule has 0 bridgehead atoms. The van der Waals surface area contributed by atoms with Crippen LogP contribution in [0.25, 0.3) is 0 Å². The molecule has 2 aliphatic rings. The topological polar surface area (TPSA) is 56.8 Å². The van der Waals surface area contributed by atoms with Crippen LogP contribution < -0.4 is 10.1 Å². The van der Waals surface area contributed by atoms with Crippen molar-refractivity contribution in [3.8, 4) is 5.75 Å². The van der Waals surface area contributed by atoms with Gasteiger partial charge in [-0.25, -0.2) is 0 Å². The summed E-state index contributed by atoms with van der Waals surface area (Å²) in [5.74, 6) is 0.624. The quantitative estimate of drug-likeness (QED) is 0.914. The van der Waals surface area contributed by atoms with Gasteiger partial charge in [-0.15, -0.1) is 0 Å². The first kappa shape index (κ1) is 14.4. The van der Waals surface area contributed by atoms with Crippen molar-refractivity contribution in [2.24, 2.45) is 0 Å². The van der Waals surface area contributed by atoms with Crippen LogP contribution in [0.4, 0.5) is 0 Å². The summed E-state index contributed by atoms with van der Waals surface area (Å²) in [5, 5.41) is 3.02. The summed E-state index contributed by atoms with van der Waals surface area (Å²) in [6.45, 7) is 1.38. The standard InChI is InChI=1S/C16H21NO4/c18-16(11-21-13-4-2-1-3-5-13)17-12-6-7-14-15(10-12)20-9-8-19-14/h1-5,12,14-15H,6-11H2,(H,17,18)/t12-,14+,15+/m1/s1. The zero-order valence-electron chi connectivity index (χ0n) is 12.0. The molecule has 1 aliphatic carbocycles. The molecule has 1 aliphatic heterocycles. The second-order valence-corrected chi connectivity index (χ2v) is 5.50. The smallest absolute Gasteiger partial charge is 0.258 e. The Morgan fingerprint density at radius 3 is 2.71 bits per heavy atom. The monoisotopic (exact) mass is 291 g/mol. The van der Waals surface area contributed by atoms with Crippen LogP contribution >= 0.6 is 0 Å². The minimum absolute atomic E-state index is 0.0476. The maximum absolute atomic E-state index is 11.9. The molecule has 0 radical (unpaired) electrons. The van der Waals surface area contributed by atoms with E-state index in [1.807, 2.05) is 30.3 Å². The number of hydrogen-bond acceptors (Lipinski definition) is 4. The van der Waals surface area contributed by atoms with Crippen molar-refractivity contribution in [2.45, 2.75) is 37.5 Å². The molecule has 1 amide bonds. The number of para-hydroxylation sites is 1. The molecule has 1 saturated carbocycles. The molecule has 0 aromatic heterocycles. The van der Waals surface area contributed by atoms with Crippen LogP contribution in [0.3, 0.4) is 0 Å². The number of fused-ring (bicyclic) bond motifs is 1. The average molecular weight is 291 g/mol. The second-order valence-electron chi connectivity index (χ2n) is 5.50. The van der Waals surface area contributed by atoms with Gasteiger partial charge in [0.15, 0.2) is 6.61 Å². The Hall–Kier alpha value is -1.59. The fourth-order valence-electron chi connectivity index (χ4n) is 2.93. The number of carbonyl (C=O) groups is 1. The molecule has 5 nitrogen and oxygen atoms in total. The molecule has 1 saturated heterocycles. The van der Waals surface area contributed by atoms with Gasteiger partial charge in [-0.2, -0.15) is 0 Å². The SMILES string of the molecule is O=C(COc1ccccc1)N[C@@H]1CC[C@@H]2OCCO[C@H]2C1. The number of hydrogen-bond donors (Lipinski definition) is 1. The third-order valence-corrected chi connectivity index (χ3v) is 3.96. The molecular weight excluding hydrogens is 270 g/mol. The molecule has 1 heterocycles. The van der Waals surface area contributed by atoms with Crippen molar-refractivity contribution in [3.63, 3.8) is 0 Å². The third-order valence-electron chi connectivity index (χ3n) is 3.96. The molecule has 5 heteroatoms. The molecule has 0 unspecified atom stereocenters. The summed E-state index contributed by atoms with van der Waals surface area (Å²) < 4.78 is 16.8. The van der Waals surface area contributed by atoms with Gasteiger partial charge in [-0.3, -0.25) is 4.79 Å². The highest BCUT2D eigenvalue weighted by atomic mass is 16.6. The Balaban J connectivity index is 1.42. The second kappa shape index (κ2) is 6.91. The molecule has 0 spiro atoms. The molecule has 114 valence electrons. The van der Waals surface area contributed by atoms with Crippen molar-refractivity contribution < 1.29 is 19.0 Å². The van der Waals surface area contributed by atoms with Crippen LogP contribution in [-0.2, 0) is 14.3 Å². The van der Waals surface area contributed by atoms with E-state index < -0.39 is 0 Å². The van der Waals surface area contributed by atoms with Crippen LogP contribution in [0.1, 0.15) is 19.3 Å². The lowest BCUT2D eigenvalue weighted by molar-refractivity contribution is -0.158. The van der Waals surface area contributed by atoms with Crippen molar-refractivity contribution >= 4 is 5.91 Å². The van der Waals surface area contributed by atoms with Crippen LogP contribution in [0, 0.1) is 0 Å². The Kier molecular flexibility index (Phi) is 4.72. The van der Waals surface area contributed by atoms with E-state index in [-0.39, 0.29) is 30.8 Å². The van der Waals surface area contributed by atoms with E-state index in [1.54, 1.807) is 0 Å². The highest BCUT2D eigenvalue weighted by molar-refractivity contribution is 5.77. The lowest BCUT2D eigenvalue weighted by Gasteiger charge is -2.39. The zero-order chi connectivity index (χ0) is 14.5. The first-order valence-corrected chi connectivity index (χ1v) is 7.51. The molecule has 21 heavy (non-hydrogen) atoms. The van der Waals surface area contributed by atoms with E-state index in [2.05, 4.69) is 5.32 Å². The fraction of sp³-hybridized carbons (Fsp3) is 0.562. The predicted molar refractivity (Wildman–Crippen MR) is 77.2 cm³/mol. The first-order chi connectivity index (χ1) is 10.3. The molecular formula is C16H21NO4. The number of carbonyl (C=O) groups excluding carboxylic acids is 1. The highest BCUT2D eigenvalue weighted by Gasteiger charge is 2.34. The van der Waals surface area contributed by atoms with Gasteiger partial charge < -0.3 is 19.5 Å². The van der Waals surface area contributed by atoms with Gasteiger partial charge in [-0.05, 0) is 31.4 Å². The van der Waals surface area contributed by atoms with Gasteiger partial charge in [0.2, 0.25) is 0 Å². The van der Waals surface area contributed by atoms with Crippen molar-refractivity contribution in [3.05, 3.63) is 30.3 Å². The number of rotatable bonds is 4. The Labute approximate surface area is 124 Å². The number of amides is 1. The van der Waals surface area contributed by atoms with Crippen LogP contribution in [0.15, 0.2) is 30.3 Å². The molecule has 2 fully saturated rings. The first-order valence-electron chi connectivity index (χ1n) is 7.51.